The number of ether oxygens (including phenoxy) is 1. The van der Waals surface area contributed by atoms with Crippen molar-refractivity contribution in [1.29, 1.82) is 0 Å². The number of hydrogen-bond donors (Lipinski definition) is 0. The number of aromatic nitrogens is 2. The zero-order valence-electron chi connectivity index (χ0n) is 14.4. The van der Waals surface area contributed by atoms with Crippen LogP contribution in [0.25, 0.3) is 0 Å². The Morgan fingerprint density at radius 3 is 2.46 bits per heavy atom. The Morgan fingerprint density at radius 2 is 1.81 bits per heavy atom. The molecule has 2 aromatic rings. The highest BCUT2D eigenvalue weighted by Gasteiger charge is 2.26. The molecule has 1 aromatic carbocycles. The Kier molecular flexibility index (Phi) is 5.40. The summed E-state index contributed by atoms with van der Waals surface area (Å²) < 4.78 is 18.9. The molecule has 7 nitrogen and oxygen atoms in total. The van der Waals surface area contributed by atoms with Gasteiger partial charge in [-0.2, -0.15) is 0 Å². The van der Waals surface area contributed by atoms with Crippen LogP contribution in [0.5, 0.6) is 5.75 Å². The fourth-order valence-electron chi connectivity index (χ4n) is 2.95. The van der Waals surface area contributed by atoms with Crippen LogP contribution in [-0.4, -0.2) is 64.9 Å². The van der Waals surface area contributed by atoms with Crippen LogP contribution in [0.15, 0.2) is 36.8 Å². The lowest BCUT2D eigenvalue weighted by Crippen LogP contribution is -2.37. The zero-order valence-corrected chi connectivity index (χ0v) is 14.4. The van der Waals surface area contributed by atoms with Gasteiger partial charge in [0.05, 0.1) is 18.9 Å². The summed E-state index contributed by atoms with van der Waals surface area (Å²) in [6, 6.07) is 4.27. The van der Waals surface area contributed by atoms with Crippen molar-refractivity contribution in [1.82, 2.24) is 19.8 Å². The Morgan fingerprint density at radius 1 is 1.08 bits per heavy atom. The quantitative estimate of drug-likeness (QED) is 0.833. The van der Waals surface area contributed by atoms with Crippen molar-refractivity contribution in [3.63, 3.8) is 0 Å². The second kappa shape index (κ2) is 7.90. The number of hydrogen-bond acceptors (Lipinski definition) is 5. The van der Waals surface area contributed by atoms with Gasteiger partial charge >= 0.3 is 0 Å². The lowest BCUT2D eigenvalue weighted by Gasteiger charge is -2.22. The minimum absolute atomic E-state index is 0.0609. The Hall–Kier alpha value is -3.03. The summed E-state index contributed by atoms with van der Waals surface area (Å²) in [5, 5.41) is 0. The highest BCUT2D eigenvalue weighted by molar-refractivity contribution is 5.97. The fraction of sp³-hybridized carbons (Fsp3) is 0.333. The monoisotopic (exact) mass is 358 g/mol. The van der Waals surface area contributed by atoms with Gasteiger partial charge in [-0.1, -0.05) is 6.07 Å². The van der Waals surface area contributed by atoms with Crippen molar-refractivity contribution in [2.45, 2.75) is 6.42 Å². The van der Waals surface area contributed by atoms with Gasteiger partial charge in [0.15, 0.2) is 11.6 Å². The van der Waals surface area contributed by atoms with E-state index < -0.39 is 5.82 Å². The van der Waals surface area contributed by atoms with Crippen LogP contribution in [0, 0.1) is 5.82 Å². The van der Waals surface area contributed by atoms with Crippen LogP contribution in [-0.2, 0) is 0 Å². The minimum Gasteiger partial charge on any atom is -0.493 e. The van der Waals surface area contributed by atoms with E-state index in [1.165, 1.54) is 43.9 Å². The normalized spacial score (nSPS) is 14.7. The van der Waals surface area contributed by atoms with Gasteiger partial charge in [-0.05, 0) is 18.6 Å². The third-order valence-corrected chi connectivity index (χ3v) is 4.25. The maximum absolute atomic E-state index is 13.9. The van der Waals surface area contributed by atoms with Crippen molar-refractivity contribution in [2.75, 3.05) is 33.3 Å². The summed E-state index contributed by atoms with van der Waals surface area (Å²) in [5.74, 6) is -1.16. The number of halogens is 1. The van der Waals surface area contributed by atoms with Crippen LogP contribution in [0.1, 0.15) is 27.3 Å². The molecule has 3 rings (SSSR count). The lowest BCUT2D eigenvalue weighted by molar-refractivity contribution is 0.0713. The number of para-hydroxylation sites is 1. The molecule has 1 aromatic heterocycles. The number of carbonyl (C=O) groups is 2. The fourth-order valence-corrected chi connectivity index (χ4v) is 2.95. The van der Waals surface area contributed by atoms with Crippen LogP contribution in [0.2, 0.25) is 0 Å². The highest BCUT2D eigenvalue weighted by atomic mass is 19.1. The number of methoxy groups -OCH3 is 1. The topological polar surface area (TPSA) is 75.6 Å². The summed E-state index contributed by atoms with van der Waals surface area (Å²) in [6.07, 6.45) is 5.02. The second-order valence-corrected chi connectivity index (χ2v) is 5.85. The maximum atomic E-state index is 13.9. The van der Waals surface area contributed by atoms with E-state index in [4.69, 9.17) is 4.74 Å². The van der Waals surface area contributed by atoms with Gasteiger partial charge < -0.3 is 14.5 Å². The van der Waals surface area contributed by atoms with Crippen molar-refractivity contribution >= 4 is 11.8 Å². The van der Waals surface area contributed by atoms with Crippen LogP contribution < -0.4 is 4.74 Å². The van der Waals surface area contributed by atoms with E-state index in [0.29, 0.717) is 32.6 Å². The summed E-state index contributed by atoms with van der Waals surface area (Å²) >= 11 is 0. The standard InChI is InChI=1S/C18H19FN4O3/c1-26-16-13(4-2-5-14(16)19)17(24)22-8-3-9-23(11-10-22)18(25)15-12-20-6-7-21-15/h2,4-7,12H,3,8-11H2,1H3. The predicted molar refractivity (Wildman–Crippen MR) is 91.4 cm³/mol. The first-order chi connectivity index (χ1) is 12.6. The average molecular weight is 358 g/mol. The highest BCUT2D eigenvalue weighted by Crippen LogP contribution is 2.24. The number of rotatable bonds is 3. The third kappa shape index (κ3) is 3.63. The SMILES string of the molecule is COc1c(F)cccc1C(=O)N1CCCN(C(=O)c2cnccn2)CC1. The molecule has 26 heavy (non-hydrogen) atoms. The predicted octanol–water partition coefficient (Wildman–Crippen LogP) is 1.61. The van der Waals surface area contributed by atoms with Crippen molar-refractivity contribution < 1.29 is 18.7 Å². The molecular weight excluding hydrogens is 339 g/mol. The number of nitrogens with zero attached hydrogens (tertiary/aromatic N) is 4. The lowest BCUT2D eigenvalue weighted by atomic mass is 10.1. The van der Waals surface area contributed by atoms with E-state index in [2.05, 4.69) is 9.97 Å². The van der Waals surface area contributed by atoms with Crippen molar-refractivity contribution in [2.24, 2.45) is 0 Å². The van der Waals surface area contributed by atoms with Gasteiger partial charge in [-0.15, -0.1) is 0 Å². The molecule has 0 saturated carbocycles. The smallest absolute Gasteiger partial charge is 0.274 e. The minimum atomic E-state index is -0.576. The van der Waals surface area contributed by atoms with Crippen LogP contribution in [0.4, 0.5) is 4.39 Å². The molecule has 0 bridgehead atoms. The van der Waals surface area contributed by atoms with E-state index in [-0.39, 0.29) is 28.8 Å². The Labute approximate surface area is 150 Å². The summed E-state index contributed by atoms with van der Waals surface area (Å²) in [4.78, 5) is 36.5. The van der Waals surface area contributed by atoms with Gasteiger partial charge in [0.1, 0.15) is 5.69 Å². The molecule has 136 valence electrons. The molecule has 2 heterocycles. The van der Waals surface area contributed by atoms with Gasteiger partial charge in [-0.25, -0.2) is 9.37 Å². The molecule has 8 heteroatoms. The first-order valence-corrected chi connectivity index (χ1v) is 8.29. The first kappa shape index (κ1) is 17.8. The molecule has 2 amide bonds. The van der Waals surface area contributed by atoms with E-state index >= 15 is 0 Å². The van der Waals surface area contributed by atoms with Gasteiger partial charge in [-0.3, -0.25) is 14.6 Å². The molecule has 0 N–H and O–H groups in total. The maximum Gasteiger partial charge on any atom is 0.274 e. The first-order valence-electron chi connectivity index (χ1n) is 8.29. The number of carbonyl (C=O) groups excluding carboxylic acids is 2. The molecular formula is C18H19FN4O3. The van der Waals surface area contributed by atoms with Crippen molar-refractivity contribution in [3.8, 4) is 5.75 Å². The molecule has 0 radical (unpaired) electrons. The molecule has 0 aliphatic carbocycles. The van der Waals surface area contributed by atoms with E-state index in [0.717, 1.165) is 0 Å². The average Bonchev–Trinajstić information content (AvgIpc) is 2.93. The van der Waals surface area contributed by atoms with Gasteiger partial charge in [0, 0.05) is 38.6 Å². The van der Waals surface area contributed by atoms with E-state index in [1.54, 1.807) is 9.80 Å². The molecule has 0 unspecified atom stereocenters. The van der Waals surface area contributed by atoms with Gasteiger partial charge in [0.25, 0.3) is 11.8 Å². The molecule has 0 atom stereocenters. The largest absolute Gasteiger partial charge is 0.493 e. The molecule has 1 fully saturated rings. The summed E-state index contributed by atoms with van der Waals surface area (Å²) in [6.45, 7) is 1.71. The zero-order chi connectivity index (χ0) is 18.5. The van der Waals surface area contributed by atoms with Crippen molar-refractivity contribution in [3.05, 3.63) is 53.9 Å². The molecule has 1 aliphatic rings. The van der Waals surface area contributed by atoms with Crippen LogP contribution >= 0.6 is 0 Å². The molecule has 1 aliphatic heterocycles. The summed E-state index contributed by atoms with van der Waals surface area (Å²) in [7, 11) is 1.33. The molecule has 0 spiro atoms. The van der Waals surface area contributed by atoms with E-state index in [1.807, 2.05) is 0 Å². The number of amides is 2. The number of benzene rings is 1. The van der Waals surface area contributed by atoms with Crippen LogP contribution in [0.3, 0.4) is 0 Å². The Bertz CT molecular complexity index is 800. The van der Waals surface area contributed by atoms with Gasteiger partial charge in [0.2, 0.25) is 0 Å². The molecule has 1 saturated heterocycles. The Balaban J connectivity index is 1.72. The third-order valence-electron chi connectivity index (χ3n) is 4.25. The summed E-state index contributed by atoms with van der Waals surface area (Å²) in [5.41, 5.74) is 0.459. The van der Waals surface area contributed by atoms with E-state index in [9.17, 15) is 14.0 Å². The second-order valence-electron chi connectivity index (χ2n) is 5.85.